The molecule has 0 bridgehead atoms. The van der Waals surface area contributed by atoms with Gasteiger partial charge in [-0.3, -0.25) is 5.10 Å². The number of aryl methyl sites for hydroxylation is 1. The lowest BCUT2D eigenvalue weighted by Crippen LogP contribution is -2.15. The van der Waals surface area contributed by atoms with Crippen LogP contribution in [0.15, 0.2) is 41.3 Å². The van der Waals surface area contributed by atoms with E-state index >= 15 is 0 Å². The van der Waals surface area contributed by atoms with E-state index in [4.69, 9.17) is 5.26 Å². The SMILES string of the molecule is Cc1ccc(S(=O)(=O)n2[nH]c(C#N)c3cc(O)cc2-3)cc1. The van der Waals surface area contributed by atoms with Gasteiger partial charge in [-0.2, -0.15) is 17.8 Å². The summed E-state index contributed by atoms with van der Waals surface area (Å²) >= 11 is 0. The Morgan fingerprint density at radius 2 is 1.90 bits per heavy atom. The smallest absolute Gasteiger partial charge is 0.281 e. The van der Waals surface area contributed by atoms with Crippen LogP contribution < -0.4 is 0 Å². The van der Waals surface area contributed by atoms with Crippen LogP contribution >= 0.6 is 0 Å². The highest BCUT2D eigenvalue weighted by Gasteiger charge is 2.26. The van der Waals surface area contributed by atoms with Crippen LogP contribution in [0.1, 0.15) is 11.3 Å². The van der Waals surface area contributed by atoms with Crippen molar-refractivity contribution in [3.05, 3.63) is 47.7 Å². The number of aromatic hydroxyl groups is 1. The predicted octanol–water partition coefficient (Wildman–Crippen LogP) is 2.04. The zero-order valence-electron chi connectivity index (χ0n) is 11.0. The Balaban J connectivity index is 2.24. The predicted molar refractivity (Wildman–Crippen MR) is 75.5 cm³/mol. The van der Waals surface area contributed by atoms with Crippen molar-refractivity contribution < 1.29 is 13.5 Å². The lowest BCUT2D eigenvalue weighted by molar-refractivity contribution is 0.477. The number of aromatic nitrogens is 2. The highest BCUT2D eigenvalue weighted by Crippen LogP contribution is 2.34. The van der Waals surface area contributed by atoms with Gasteiger partial charge in [0.05, 0.1) is 10.6 Å². The number of nitrogens with one attached hydrogen (secondary N) is 1. The second kappa shape index (κ2) is 4.40. The Morgan fingerprint density at radius 1 is 1.24 bits per heavy atom. The number of rotatable bonds is 2. The summed E-state index contributed by atoms with van der Waals surface area (Å²) in [6, 6.07) is 10.9. The van der Waals surface area contributed by atoms with E-state index in [1.807, 2.05) is 13.0 Å². The van der Waals surface area contributed by atoms with Gasteiger partial charge in [-0.05, 0) is 25.1 Å². The Bertz CT molecular complexity index is 927. The molecule has 2 N–H and O–H groups in total. The van der Waals surface area contributed by atoms with Crippen LogP contribution in [0.5, 0.6) is 5.75 Å². The lowest BCUT2D eigenvalue weighted by atomic mass is 10.2. The molecule has 0 spiro atoms. The second-order valence-electron chi connectivity index (χ2n) is 4.69. The minimum atomic E-state index is -3.86. The van der Waals surface area contributed by atoms with Crippen molar-refractivity contribution in [2.75, 3.05) is 0 Å². The van der Waals surface area contributed by atoms with Crippen LogP contribution in [0.3, 0.4) is 0 Å². The van der Waals surface area contributed by atoms with Crippen molar-refractivity contribution in [3.8, 4) is 23.1 Å². The van der Waals surface area contributed by atoms with Crippen LogP contribution in [-0.2, 0) is 10.0 Å². The summed E-state index contributed by atoms with van der Waals surface area (Å²) in [4.78, 5) is 0.103. The second-order valence-corrected chi connectivity index (χ2v) is 6.48. The molecule has 0 aromatic heterocycles. The van der Waals surface area contributed by atoms with Gasteiger partial charge >= 0.3 is 0 Å². The first-order valence-corrected chi connectivity index (χ1v) is 7.53. The summed E-state index contributed by atoms with van der Waals surface area (Å²) < 4.78 is 26.2. The molecule has 6 nitrogen and oxygen atoms in total. The highest BCUT2D eigenvalue weighted by atomic mass is 32.2. The molecule has 1 aromatic rings. The fourth-order valence-corrected chi connectivity index (χ4v) is 3.47. The van der Waals surface area contributed by atoms with E-state index in [2.05, 4.69) is 5.10 Å². The van der Waals surface area contributed by atoms with E-state index in [-0.39, 0.29) is 22.0 Å². The summed E-state index contributed by atoms with van der Waals surface area (Å²) in [6.45, 7) is 1.86. The van der Waals surface area contributed by atoms with Crippen LogP contribution in [-0.4, -0.2) is 22.7 Å². The van der Waals surface area contributed by atoms with Gasteiger partial charge in [-0.25, -0.2) is 0 Å². The highest BCUT2D eigenvalue weighted by molar-refractivity contribution is 7.90. The minimum Gasteiger partial charge on any atom is -0.508 e. The number of hydrogen-bond acceptors (Lipinski definition) is 4. The summed E-state index contributed by atoms with van der Waals surface area (Å²) in [5.41, 5.74) is 1.63. The zero-order chi connectivity index (χ0) is 15.2. The number of nitriles is 1. The van der Waals surface area contributed by atoms with Crippen molar-refractivity contribution in [1.82, 2.24) is 9.19 Å². The van der Waals surface area contributed by atoms with E-state index in [0.717, 1.165) is 9.65 Å². The fourth-order valence-electron chi connectivity index (χ4n) is 2.16. The molecule has 1 heterocycles. The topological polar surface area (TPSA) is 98.9 Å². The van der Waals surface area contributed by atoms with Crippen molar-refractivity contribution >= 4 is 10.0 Å². The molecule has 7 heteroatoms. The van der Waals surface area contributed by atoms with Crippen molar-refractivity contribution in [1.29, 1.82) is 5.26 Å². The molecule has 0 atom stereocenters. The zero-order valence-corrected chi connectivity index (χ0v) is 11.8. The number of nitrogens with zero attached hydrogens (tertiary/aromatic N) is 2. The Labute approximate surface area is 121 Å². The quantitative estimate of drug-likeness (QED) is 0.756. The molecule has 2 aliphatic rings. The van der Waals surface area contributed by atoms with Crippen molar-refractivity contribution in [3.63, 3.8) is 0 Å². The largest absolute Gasteiger partial charge is 0.508 e. The molecule has 106 valence electrons. The average Bonchev–Trinajstić information content (AvgIpc) is 2.96. The van der Waals surface area contributed by atoms with Gasteiger partial charge in [0.1, 0.15) is 17.5 Å². The summed E-state index contributed by atoms with van der Waals surface area (Å²) in [6.07, 6.45) is 0. The molecule has 21 heavy (non-hydrogen) atoms. The molecule has 0 amide bonds. The average molecular weight is 301 g/mol. The molecule has 0 unspecified atom stereocenters. The summed E-state index contributed by atoms with van der Waals surface area (Å²) in [7, 11) is -3.86. The fraction of sp³-hybridized carbons (Fsp3) is 0.0714. The number of hydrogen-bond donors (Lipinski definition) is 2. The van der Waals surface area contributed by atoms with Gasteiger partial charge in [-0.15, -0.1) is 0 Å². The molecule has 0 saturated carbocycles. The molecule has 1 aliphatic heterocycles. The number of benzene rings is 1. The van der Waals surface area contributed by atoms with Crippen molar-refractivity contribution in [2.24, 2.45) is 0 Å². The maximum absolute atomic E-state index is 12.6. The summed E-state index contributed by atoms with van der Waals surface area (Å²) in [5, 5.41) is 21.1. The molecule has 0 fully saturated rings. The molecule has 3 rings (SSSR count). The normalized spacial score (nSPS) is 11.6. The number of fused-ring (bicyclic) bond motifs is 1. The Hall–Kier alpha value is -2.72. The standard InChI is InChI=1S/C14H11N3O3S/c1-9-2-4-11(5-3-9)21(19,20)17-14-7-10(18)6-12(14)13(8-15)16-17/h2-7,16,18H,1H3. The van der Waals surface area contributed by atoms with Gasteiger partial charge in [0, 0.05) is 11.6 Å². The third-order valence-corrected chi connectivity index (χ3v) is 4.86. The van der Waals surface area contributed by atoms with Gasteiger partial charge in [0.2, 0.25) is 0 Å². The van der Waals surface area contributed by atoms with Gasteiger partial charge in [0.25, 0.3) is 10.0 Å². The molecular formula is C14H11N3O3S. The first kappa shape index (κ1) is 13.3. The monoisotopic (exact) mass is 301 g/mol. The van der Waals surface area contributed by atoms with E-state index in [9.17, 15) is 13.5 Å². The van der Waals surface area contributed by atoms with E-state index < -0.39 is 10.0 Å². The molecular weight excluding hydrogens is 290 g/mol. The van der Waals surface area contributed by atoms with E-state index in [1.165, 1.54) is 24.3 Å². The van der Waals surface area contributed by atoms with Gasteiger partial charge in [0.15, 0.2) is 0 Å². The molecule has 0 saturated heterocycles. The van der Waals surface area contributed by atoms with E-state index in [1.54, 1.807) is 12.1 Å². The first-order chi connectivity index (χ1) is 9.93. The Kier molecular flexibility index (Phi) is 2.78. The number of aromatic amines is 1. The molecule has 1 aromatic carbocycles. The maximum Gasteiger partial charge on any atom is 0.281 e. The Morgan fingerprint density at radius 3 is 2.52 bits per heavy atom. The molecule has 1 aliphatic carbocycles. The first-order valence-electron chi connectivity index (χ1n) is 6.09. The van der Waals surface area contributed by atoms with Gasteiger partial charge < -0.3 is 5.11 Å². The van der Waals surface area contributed by atoms with Crippen LogP contribution in [0.4, 0.5) is 0 Å². The third-order valence-electron chi connectivity index (χ3n) is 3.23. The third kappa shape index (κ3) is 1.97. The number of H-pyrrole nitrogens is 1. The van der Waals surface area contributed by atoms with Gasteiger partial charge in [-0.1, -0.05) is 17.7 Å². The van der Waals surface area contributed by atoms with E-state index in [0.29, 0.717) is 5.56 Å². The van der Waals surface area contributed by atoms with Crippen LogP contribution in [0.25, 0.3) is 11.3 Å². The minimum absolute atomic E-state index is 0.0842. The lowest BCUT2D eigenvalue weighted by Gasteiger charge is -2.07. The van der Waals surface area contributed by atoms with Crippen molar-refractivity contribution in [2.45, 2.75) is 11.8 Å². The summed E-state index contributed by atoms with van der Waals surface area (Å²) in [5.74, 6) is -0.0849. The molecule has 0 radical (unpaired) electrons. The van der Waals surface area contributed by atoms with Crippen LogP contribution in [0.2, 0.25) is 0 Å². The van der Waals surface area contributed by atoms with Crippen LogP contribution in [0, 0.1) is 18.3 Å². The maximum atomic E-state index is 12.6.